The van der Waals surface area contributed by atoms with Gasteiger partial charge < -0.3 is 14.6 Å². The lowest BCUT2D eigenvalue weighted by Crippen LogP contribution is -2.47. The van der Waals surface area contributed by atoms with Crippen LogP contribution in [0.3, 0.4) is 0 Å². The van der Waals surface area contributed by atoms with Crippen LogP contribution in [0.4, 0.5) is 13.2 Å². The van der Waals surface area contributed by atoms with Crippen molar-refractivity contribution in [2.45, 2.75) is 18.7 Å². The molecule has 0 radical (unpaired) electrons. The van der Waals surface area contributed by atoms with Crippen molar-refractivity contribution in [2.24, 2.45) is 5.92 Å². The summed E-state index contributed by atoms with van der Waals surface area (Å²) in [7, 11) is 0. The normalized spacial score (nSPS) is 19.2. The van der Waals surface area contributed by atoms with Crippen LogP contribution in [0.2, 0.25) is 15.1 Å². The Labute approximate surface area is 166 Å². The monoisotopic (exact) mass is 440 g/mol. The molecule has 27 heavy (non-hydrogen) atoms. The third-order valence-corrected chi connectivity index (χ3v) is 5.05. The summed E-state index contributed by atoms with van der Waals surface area (Å²) in [5.74, 6) is -3.40. The van der Waals surface area contributed by atoms with Crippen molar-refractivity contribution in [1.29, 1.82) is 0 Å². The summed E-state index contributed by atoms with van der Waals surface area (Å²) >= 11 is 18.1. The van der Waals surface area contributed by atoms with E-state index in [1.54, 1.807) is 6.07 Å². The van der Waals surface area contributed by atoms with Gasteiger partial charge in [-0.2, -0.15) is 13.2 Å². The molecular formula is C17H10Cl3F3O4. The van der Waals surface area contributed by atoms with Gasteiger partial charge in [-0.1, -0.05) is 40.9 Å². The van der Waals surface area contributed by atoms with Gasteiger partial charge in [-0.15, -0.1) is 0 Å². The van der Waals surface area contributed by atoms with Crippen molar-refractivity contribution in [1.82, 2.24) is 0 Å². The van der Waals surface area contributed by atoms with Crippen molar-refractivity contribution < 1.29 is 32.5 Å². The summed E-state index contributed by atoms with van der Waals surface area (Å²) in [6.45, 7) is 0. The Balaban J connectivity index is 1.98. The molecule has 1 heterocycles. The zero-order chi connectivity index (χ0) is 19.9. The van der Waals surface area contributed by atoms with Crippen molar-refractivity contribution in [3.8, 4) is 17.2 Å². The van der Waals surface area contributed by atoms with Crippen LogP contribution < -0.4 is 9.47 Å². The van der Waals surface area contributed by atoms with Gasteiger partial charge in [0.15, 0.2) is 0 Å². The minimum Gasteiger partial charge on any atom is -0.481 e. The lowest BCUT2D eigenvalue weighted by molar-refractivity contribution is -0.217. The Morgan fingerprint density at radius 2 is 1.85 bits per heavy atom. The lowest BCUT2D eigenvalue weighted by atomic mass is 9.90. The summed E-state index contributed by atoms with van der Waals surface area (Å²) in [6, 6.07) is 7.10. The van der Waals surface area contributed by atoms with Gasteiger partial charge in [-0.25, -0.2) is 0 Å². The van der Waals surface area contributed by atoms with Gasteiger partial charge >= 0.3 is 12.1 Å². The van der Waals surface area contributed by atoms with Crippen LogP contribution in [0, 0.1) is 5.92 Å². The molecule has 0 saturated carbocycles. The number of carboxylic acids is 1. The minimum absolute atomic E-state index is 0.00529. The fourth-order valence-electron chi connectivity index (χ4n) is 2.68. The maximum atomic E-state index is 13.2. The molecule has 2 atom stereocenters. The number of carboxylic acid groups (broad SMARTS) is 1. The van der Waals surface area contributed by atoms with Gasteiger partial charge in [-0.3, -0.25) is 4.79 Å². The SMILES string of the molecule is O=C(O)C1Cc2cc(Cl)c(Oc3cccc(Cl)c3Cl)cc2OC1C(F)(F)F. The first-order chi connectivity index (χ1) is 12.6. The highest BCUT2D eigenvalue weighted by Gasteiger charge is 2.52. The maximum absolute atomic E-state index is 13.2. The van der Waals surface area contributed by atoms with E-state index in [0.29, 0.717) is 0 Å². The topological polar surface area (TPSA) is 55.8 Å². The van der Waals surface area contributed by atoms with E-state index in [4.69, 9.17) is 49.4 Å². The molecule has 0 aromatic heterocycles. The number of aliphatic carboxylic acids is 1. The highest BCUT2D eigenvalue weighted by atomic mass is 35.5. The number of carbonyl (C=O) groups is 1. The third-order valence-electron chi connectivity index (χ3n) is 3.95. The van der Waals surface area contributed by atoms with Gasteiger partial charge in [0.2, 0.25) is 6.10 Å². The van der Waals surface area contributed by atoms with Crippen LogP contribution in [0.15, 0.2) is 30.3 Å². The van der Waals surface area contributed by atoms with Crippen molar-refractivity contribution in [2.75, 3.05) is 0 Å². The number of ether oxygens (including phenoxy) is 2. The number of benzene rings is 2. The molecule has 0 amide bonds. The number of hydrogen-bond acceptors (Lipinski definition) is 3. The van der Waals surface area contributed by atoms with Crippen LogP contribution >= 0.6 is 34.8 Å². The highest BCUT2D eigenvalue weighted by Crippen LogP contribution is 2.44. The zero-order valence-corrected chi connectivity index (χ0v) is 15.5. The Bertz CT molecular complexity index is 902. The number of rotatable bonds is 3. The molecule has 10 heteroatoms. The second-order valence-corrected chi connectivity index (χ2v) is 6.97. The van der Waals surface area contributed by atoms with E-state index < -0.39 is 24.2 Å². The third kappa shape index (κ3) is 4.05. The van der Waals surface area contributed by atoms with Crippen LogP contribution in [0.5, 0.6) is 17.2 Å². The standard InChI is InChI=1S/C17H10Cl3F3O4/c18-9-2-1-3-11(14(9)20)26-13-6-12-7(5-10(13)19)4-8(16(24)25)15(27-12)17(21,22)23/h1-3,5-6,8,15H,4H2,(H,24,25). The van der Waals surface area contributed by atoms with Gasteiger partial charge in [0.25, 0.3) is 0 Å². The van der Waals surface area contributed by atoms with Crippen LogP contribution in [-0.2, 0) is 11.2 Å². The molecule has 1 aliphatic rings. The molecule has 4 nitrogen and oxygen atoms in total. The predicted molar refractivity (Wildman–Crippen MR) is 93.3 cm³/mol. The molecule has 0 aliphatic carbocycles. The van der Waals surface area contributed by atoms with E-state index in [0.717, 1.165) is 0 Å². The summed E-state index contributed by atoms with van der Waals surface area (Å²) in [5.41, 5.74) is 0.234. The Kier molecular flexibility index (Phi) is 5.38. The van der Waals surface area contributed by atoms with Gasteiger partial charge in [-0.05, 0) is 30.2 Å². The van der Waals surface area contributed by atoms with E-state index in [2.05, 4.69) is 0 Å². The van der Waals surface area contributed by atoms with E-state index in [9.17, 15) is 18.0 Å². The molecular weight excluding hydrogens is 432 g/mol. The molecule has 0 fully saturated rings. The van der Waals surface area contributed by atoms with Crippen molar-refractivity contribution in [3.63, 3.8) is 0 Å². The fourth-order valence-corrected chi connectivity index (χ4v) is 3.23. The Hall–Kier alpha value is -1.83. The van der Waals surface area contributed by atoms with Crippen molar-refractivity contribution >= 4 is 40.8 Å². The van der Waals surface area contributed by atoms with Crippen LogP contribution in [0.1, 0.15) is 5.56 Å². The molecule has 2 aromatic rings. The predicted octanol–water partition coefficient (Wildman–Crippen LogP) is 6.01. The molecule has 2 unspecified atom stereocenters. The number of hydrogen-bond donors (Lipinski definition) is 1. The first-order valence-corrected chi connectivity index (χ1v) is 8.61. The second-order valence-electron chi connectivity index (χ2n) is 5.77. The number of alkyl halides is 3. The zero-order valence-electron chi connectivity index (χ0n) is 13.2. The van der Waals surface area contributed by atoms with Crippen LogP contribution in [0.25, 0.3) is 0 Å². The molecule has 0 spiro atoms. The van der Waals surface area contributed by atoms with Crippen molar-refractivity contribution in [3.05, 3.63) is 51.0 Å². The van der Waals surface area contributed by atoms with Gasteiger partial charge in [0.05, 0.1) is 10.0 Å². The Morgan fingerprint density at radius 1 is 1.15 bits per heavy atom. The molecule has 1 aliphatic heterocycles. The minimum atomic E-state index is -4.85. The summed E-state index contributed by atoms with van der Waals surface area (Å²) in [6.07, 6.45) is -7.71. The molecule has 3 rings (SSSR count). The van der Waals surface area contributed by atoms with E-state index in [-0.39, 0.29) is 44.3 Å². The fraction of sp³-hybridized carbons (Fsp3) is 0.235. The van der Waals surface area contributed by atoms with E-state index >= 15 is 0 Å². The quantitative estimate of drug-likeness (QED) is 0.634. The van der Waals surface area contributed by atoms with Gasteiger partial charge in [0.1, 0.15) is 28.2 Å². The first kappa shape index (κ1) is 19.9. The molecule has 0 saturated heterocycles. The summed E-state index contributed by atoms with van der Waals surface area (Å²) in [5, 5.41) is 9.49. The average Bonchev–Trinajstić information content (AvgIpc) is 2.57. The summed E-state index contributed by atoms with van der Waals surface area (Å²) in [4.78, 5) is 11.2. The lowest BCUT2D eigenvalue weighted by Gasteiger charge is -2.32. The number of fused-ring (bicyclic) bond motifs is 1. The second kappa shape index (κ2) is 7.30. The molecule has 0 bridgehead atoms. The maximum Gasteiger partial charge on any atom is 0.426 e. The Morgan fingerprint density at radius 3 is 2.48 bits per heavy atom. The van der Waals surface area contributed by atoms with Gasteiger partial charge in [0, 0.05) is 6.07 Å². The van der Waals surface area contributed by atoms with E-state index in [1.807, 2.05) is 0 Å². The smallest absolute Gasteiger partial charge is 0.426 e. The average molecular weight is 442 g/mol. The molecule has 1 N–H and O–H groups in total. The van der Waals surface area contributed by atoms with Crippen LogP contribution in [-0.4, -0.2) is 23.4 Å². The summed E-state index contributed by atoms with van der Waals surface area (Å²) < 4.78 is 50.1. The number of halogens is 6. The van der Waals surface area contributed by atoms with E-state index in [1.165, 1.54) is 24.3 Å². The first-order valence-electron chi connectivity index (χ1n) is 7.48. The largest absolute Gasteiger partial charge is 0.481 e. The highest BCUT2D eigenvalue weighted by molar-refractivity contribution is 6.43. The molecule has 2 aromatic carbocycles. The molecule has 144 valence electrons.